The van der Waals surface area contributed by atoms with Crippen LogP contribution in [0.15, 0.2) is 0 Å². The van der Waals surface area contributed by atoms with Crippen molar-refractivity contribution in [1.82, 2.24) is 19.1 Å². The van der Waals surface area contributed by atoms with E-state index in [9.17, 15) is 21.6 Å². The van der Waals surface area contributed by atoms with Gasteiger partial charge < -0.3 is 9.30 Å². The maximum Gasteiger partial charge on any atom is 0.451 e. The average Bonchev–Trinajstić information content (AvgIpc) is 2.81. The second kappa shape index (κ2) is 5.54. The van der Waals surface area contributed by atoms with E-state index in [1.807, 2.05) is 0 Å². The molecule has 2 heterocycles. The molecule has 11 heteroatoms. The Morgan fingerprint density at radius 3 is 2.57 bits per heavy atom. The Labute approximate surface area is 119 Å². The van der Waals surface area contributed by atoms with Crippen molar-refractivity contribution in [3.05, 3.63) is 11.6 Å². The van der Waals surface area contributed by atoms with Crippen LogP contribution in [0.4, 0.5) is 13.2 Å². The molecule has 1 aliphatic rings. The summed E-state index contributed by atoms with van der Waals surface area (Å²) in [5.74, 6) is -1.33. The second-order valence-electron chi connectivity index (χ2n) is 4.63. The van der Waals surface area contributed by atoms with Crippen LogP contribution in [0, 0.1) is 0 Å². The average molecular weight is 328 g/mol. The molecular weight excluding hydrogens is 313 g/mol. The highest BCUT2D eigenvalue weighted by Crippen LogP contribution is 2.33. The summed E-state index contributed by atoms with van der Waals surface area (Å²) in [5.41, 5.74) is 0. The van der Waals surface area contributed by atoms with Gasteiger partial charge in [0.1, 0.15) is 0 Å². The zero-order chi connectivity index (χ0) is 15.8. The first kappa shape index (κ1) is 16.2. The van der Waals surface area contributed by atoms with Crippen LogP contribution in [0.3, 0.4) is 0 Å². The summed E-state index contributed by atoms with van der Waals surface area (Å²) in [5, 5.41) is 6.64. The first-order valence-corrected chi connectivity index (χ1v) is 7.78. The fraction of sp³-hybridized carbons (Fsp3) is 0.800. The third-order valence-corrected chi connectivity index (χ3v) is 5.18. The molecule has 0 bridgehead atoms. The van der Waals surface area contributed by atoms with Crippen molar-refractivity contribution in [2.24, 2.45) is 0 Å². The predicted octanol–water partition coefficient (Wildman–Crippen LogP) is 0.650. The van der Waals surface area contributed by atoms with Gasteiger partial charge in [-0.3, -0.25) is 0 Å². The van der Waals surface area contributed by atoms with E-state index in [-0.39, 0.29) is 31.3 Å². The van der Waals surface area contributed by atoms with Crippen LogP contribution in [-0.2, 0) is 27.5 Å². The fourth-order valence-corrected chi connectivity index (χ4v) is 3.81. The number of aromatic nitrogens is 3. The van der Waals surface area contributed by atoms with E-state index in [0.717, 1.165) is 8.87 Å². The molecule has 120 valence electrons. The van der Waals surface area contributed by atoms with Gasteiger partial charge in [-0.1, -0.05) is 0 Å². The van der Waals surface area contributed by atoms with Gasteiger partial charge in [0.25, 0.3) is 0 Å². The van der Waals surface area contributed by atoms with E-state index in [1.54, 1.807) is 0 Å². The Morgan fingerprint density at radius 2 is 2.00 bits per heavy atom. The molecule has 0 saturated heterocycles. The Morgan fingerprint density at radius 1 is 1.33 bits per heavy atom. The van der Waals surface area contributed by atoms with Gasteiger partial charge in [0.15, 0.2) is 5.82 Å². The lowest BCUT2D eigenvalue weighted by Gasteiger charge is -2.32. The number of hydrogen-bond donors (Lipinski definition) is 0. The van der Waals surface area contributed by atoms with E-state index in [2.05, 4.69) is 10.2 Å². The molecule has 0 aliphatic carbocycles. The zero-order valence-electron chi connectivity index (χ0n) is 11.5. The molecule has 1 aromatic rings. The Balaban J connectivity index is 2.30. The summed E-state index contributed by atoms with van der Waals surface area (Å²) in [6.07, 6.45) is -4.61. The largest absolute Gasteiger partial charge is 0.451 e. The second-order valence-corrected chi connectivity index (χ2v) is 6.67. The third-order valence-electron chi connectivity index (χ3n) is 3.29. The van der Waals surface area contributed by atoms with Crippen molar-refractivity contribution in [3.8, 4) is 0 Å². The van der Waals surface area contributed by atoms with E-state index in [0.29, 0.717) is 0 Å². The van der Waals surface area contributed by atoms with Gasteiger partial charge >= 0.3 is 6.18 Å². The van der Waals surface area contributed by atoms with Crippen molar-refractivity contribution >= 4 is 10.0 Å². The highest BCUT2D eigenvalue weighted by molar-refractivity contribution is 7.89. The lowest BCUT2D eigenvalue weighted by molar-refractivity contribution is -0.147. The molecule has 0 amide bonds. The van der Waals surface area contributed by atoms with Gasteiger partial charge in [-0.2, -0.15) is 17.5 Å². The number of rotatable bonds is 4. The molecule has 0 aromatic carbocycles. The smallest absolute Gasteiger partial charge is 0.384 e. The minimum absolute atomic E-state index is 0.00503. The summed E-state index contributed by atoms with van der Waals surface area (Å²) in [6, 6.07) is -0.802. The minimum atomic E-state index is -4.61. The van der Waals surface area contributed by atoms with Gasteiger partial charge in [-0.05, 0) is 6.92 Å². The molecule has 1 atom stereocenters. The van der Waals surface area contributed by atoms with Gasteiger partial charge in [0.05, 0.1) is 18.4 Å². The highest BCUT2D eigenvalue weighted by atomic mass is 32.2. The molecule has 1 aromatic heterocycles. The number of halogens is 3. The molecule has 7 nitrogen and oxygen atoms in total. The standard InChI is InChI=1S/C10H15F3N4O3S/c1-7-8-14-15-9(10(11,12)13)16(8)3-4-17(7)21(18,19)6-5-20-2/h7H,3-6H2,1-2H3. The van der Waals surface area contributed by atoms with Crippen LogP contribution in [0.25, 0.3) is 0 Å². The Kier molecular flexibility index (Phi) is 4.26. The van der Waals surface area contributed by atoms with Crippen LogP contribution in [0.2, 0.25) is 0 Å². The van der Waals surface area contributed by atoms with Crippen molar-refractivity contribution in [2.45, 2.75) is 25.7 Å². The van der Waals surface area contributed by atoms with Crippen molar-refractivity contribution < 1.29 is 26.3 Å². The van der Waals surface area contributed by atoms with Crippen molar-refractivity contribution in [1.29, 1.82) is 0 Å². The van der Waals surface area contributed by atoms with Gasteiger partial charge in [-0.25, -0.2) is 8.42 Å². The van der Waals surface area contributed by atoms with Gasteiger partial charge in [-0.15, -0.1) is 10.2 Å². The molecule has 2 rings (SSSR count). The van der Waals surface area contributed by atoms with Crippen LogP contribution < -0.4 is 0 Å². The quantitative estimate of drug-likeness (QED) is 0.811. The molecule has 0 radical (unpaired) electrons. The number of nitrogens with zero attached hydrogens (tertiary/aromatic N) is 4. The molecule has 0 N–H and O–H groups in total. The maximum atomic E-state index is 12.8. The molecule has 0 saturated carbocycles. The molecule has 0 spiro atoms. The predicted molar refractivity (Wildman–Crippen MR) is 65.8 cm³/mol. The minimum Gasteiger partial charge on any atom is -0.384 e. The number of sulfonamides is 1. The molecular formula is C10H15F3N4O3S. The van der Waals surface area contributed by atoms with E-state index < -0.39 is 28.1 Å². The number of hydrogen-bond acceptors (Lipinski definition) is 5. The normalized spacial score (nSPS) is 20.5. The van der Waals surface area contributed by atoms with E-state index >= 15 is 0 Å². The zero-order valence-corrected chi connectivity index (χ0v) is 12.3. The molecule has 1 unspecified atom stereocenters. The van der Waals surface area contributed by atoms with Gasteiger partial charge in [0, 0.05) is 20.2 Å². The lowest BCUT2D eigenvalue weighted by Crippen LogP contribution is -2.43. The molecule has 21 heavy (non-hydrogen) atoms. The lowest BCUT2D eigenvalue weighted by atomic mass is 10.2. The maximum absolute atomic E-state index is 12.8. The Hall–Kier alpha value is -1.20. The third kappa shape index (κ3) is 3.04. The first-order chi connectivity index (χ1) is 9.68. The molecule has 1 aliphatic heterocycles. The summed E-state index contributed by atoms with van der Waals surface area (Å²) in [4.78, 5) is 0. The summed E-state index contributed by atoms with van der Waals surface area (Å²) < 4.78 is 69.3. The highest BCUT2D eigenvalue weighted by Gasteiger charge is 2.42. The van der Waals surface area contributed by atoms with E-state index in [1.165, 1.54) is 14.0 Å². The Bertz CT molecular complexity index is 614. The SMILES string of the molecule is COCCS(=O)(=O)N1CCn2c(nnc2C(F)(F)F)C1C. The van der Waals surface area contributed by atoms with Crippen LogP contribution in [0.5, 0.6) is 0 Å². The van der Waals surface area contributed by atoms with E-state index in [4.69, 9.17) is 4.74 Å². The first-order valence-electron chi connectivity index (χ1n) is 6.17. The summed E-state index contributed by atoms with van der Waals surface area (Å²) in [7, 11) is -2.24. The summed E-state index contributed by atoms with van der Waals surface area (Å²) >= 11 is 0. The monoisotopic (exact) mass is 328 g/mol. The van der Waals surface area contributed by atoms with Crippen molar-refractivity contribution in [3.63, 3.8) is 0 Å². The van der Waals surface area contributed by atoms with Crippen LogP contribution in [0.1, 0.15) is 24.6 Å². The number of ether oxygens (including phenoxy) is 1. The van der Waals surface area contributed by atoms with Crippen LogP contribution >= 0.6 is 0 Å². The number of alkyl halides is 3. The number of fused-ring (bicyclic) bond motifs is 1. The molecule has 0 fully saturated rings. The number of methoxy groups -OCH3 is 1. The fourth-order valence-electron chi connectivity index (χ4n) is 2.26. The topological polar surface area (TPSA) is 77.3 Å². The van der Waals surface area contributed by atoms with Crippen LogP contribution in [-0.4, -0.2) is 53.5 Å². The summed E-state index contributed by atoms with van der Waals surface area (Å²) in [6.45, 7) is 1.32. The van der Waals surface area contributed by atoms with Crippen molar-refractivity contribution in [2.75, 3.05) is 26.0 Å². The van der Waals surface area contributed by atoms with Gasteiger partial charge in [0.2, 0.25) is 15.8 Å².